The van der Waals surface area contributed by atoms with E-state index in [1.165, 1.54) is 25.7 Å². The van der Waals surface area contributed by atoms with Crippen molar-refractivity contribution in [2.24, 2.45) is 11.8 Å². The Morgan fingerprint density at radius 2 is 2.00 bits per heavy atom. The second-order valence-electron chi connectivity index (χ2n) is 4.23. The van der Waals surface area contributed by atoms with E-state index in [0.29, 0.717) is 0 Å². The van der Waals surface area contributed by atoms with Gasteiger partial charge in [-0.3, -0.25) is 0 Å². The zero-order chi connectivity index (χ0) is 8.97. The highest BCUT2D eigenvalue weighted by Gasteiger charge is 2.25. The Labute approximate surface area is 76.9 Å². The maximum Gasteiger partial charge on any atom is 0.00952 e. The molecule has 0 bridgehead atoms. The SMILES string of the molecule is CCN[C@@H]1CC(CC)CCC1C. The minimum absolute atomic E-state index is 0.800. The van der Waals surface area contributed by atoms with Crippen LogP contribution in [0.2, 0.25) is 0 Å². The normalized spacial score (nSPS) is 36.8. The molecule has 0 aliphatic heterocycles. The van der Waals surface area contributed by atoms with E-state index >= 15 is 0 Å². The van der Waals surface area contributed by atoms with E-state index in [2.05, 4.69) is 26.1 Å². The van der Waals surface area contributed by atoms with Crippen LogP contribution < -0.4 is 5.32 Å². The molecular formula is C11H23N. The van der Waals surface area contributed by atoms with E-state index in [1.54, 1.807) is 0 Å². The molecule has 0 aromatic rings. The summed E-state index contributed by atoms with van der Waals surface area (Å²) in [5.41, 5.74) is 0. The molecule has 3 atom stereocenters. The summed E-state index contributed by atoms with van der Waals surface area (Å²) in [7, 11) is 0. The fourth-order valence-electron chi connectivity index (χ4n) is 2.33. The molecule has 1 heteroatoms. The predicted octanol–water partition coefficient (Wildman–Crippen LogP) is 2.81. The van der Waals surface area contributed by atoms with Gasteiger partial charge in [-0.05, 0) is 31.2 Å². The molecule has 1 aliphatic carbocycles. The van der Waals surface area contributed by atoms with E-state index in [4.69, 9.17) is 0 Å². The smallest absolute Gasteiger partial charge is 0.00952 e. The highest BCUT2D eigenvalue weighted by atomic mass is 14.9. The fraction of sp³-hybridized carbons (Fsp3) is 1.00. The molecule has 1 rings (SSSR count). The lowest BCUT2D eigenvalue weighted by Crippen LogP contribution is -2.39. The van der Waals surface area contributed by atoms with Gasteiger partial charge < -0.3 is 5.32 Å². The third kappa shape index (κ3) is 2.48. The summed E-state index contributed by atoms with van der Waals surface area (Å²) in [5.74, 6) is 1.89. The molecule has 0 aromatic carbocycles. The summed E-state index contributed by atoms with van der Waals surface area (Å²) in [5, 5.41) is 3.60. The van der Waals surface area contributed by atoms with Crippen LogP contribution >= 0.6 is 0 Å². The zero-order valence-electron chi connectivity index (χ0n) is 8.77. The Kier molecular flexibility index (Phi) is 4.07. The van der Waals surface area contributed by atoms with Crippen LogP contribution in [0.1, 0.15) is 46.5 Å². The number of hydrogen-bond donors (Lipinski definition) is 1. The summed E-state index contributed by atoms with van der Waals surface area (Å²) in [4.78, 5) is 0. The van der Waals surface area contributed by atoms with Crippen LogP contribution in [0.4, 0.5) is 0 Å². The average Bonchev–Trinajstić information content (AvgIpc) is 2.09. The van der Waals surface area contributed by atoms with Crippen LogP contribution in [0.15, 0.2) is 0 Å². The van der Waals surface area contributed by atoms with Crippen molar-refractivity contribution < 1.29 is 0 Å². The van der Waals surface area contributed by atoms with Crippen LogP contribution in [0.25, 0.3) is 0 Å². The number of nitrogens with one attached hydrogen (secondary N) is 1. The Morgan fingerprint density at radius 1 is 1.25 bits per heavy atom. The largest absolute Gasteiger partial charge is 0.314 e. The molecule has 0 saturated heterocycles. The fourth-order valence-corrected chi connectivity index (χ4v) is 2.33. The van der Waals surface area contributed by atoms with Crippen LogP contribution in [0.5, 0.6) is 0 Å². The summed E-state index contributed by atoms with van der Waals surface area (Å²) in [6.45, 7) is 8.05. The molecular weight excluding hydrogens is 146 g/mol. The van der Waals surface area contributed by atoms with Gasteiger partial charge in [0.15, 0.2) is 0 Å². The summed E-state index contributed by atoms with van der Waals surface area (Å²) in [6, 6.07) is 0.800. The van der Waals surface area contributed by atoms with Crippen molar-refractivity contribution in [1.82, 2.24) is 5.32 Å². The second kappa shape index (κ2) is 4.86. The summed E-state index contributed by atoms with van der Waals surface area (Å²) >= 11 is 0. The van der Waals surface area contributed by atoms with Crippen molar-refractivity contribution >= 4 is 0 Å². The van der Waals surface area contributed by atoms with Crippen LogP contribution in [0, 0.1) is 11.8 Å². The average molecular weight is 169 g/mol. The van der Waals surface area contributed by atoms with Crippen molar-refractivity contribution in [2.75, 3.05) is 6.54 Å². The lowest BCUT2D eigenvalue weighted by atomic mass is 9.78. The monoisotopic (exact) mass is 169 g/mol. The molecule has 12 heavy (non-hydrogen) atoms. The van der Waals surface area contributed by atoms with Gasteiger partial charge in [-0.2, -0.15) is 0 Å². The molecule has 2 unspecified atom stereocenters. The maximum absolute atomic E-state index is 3.60. The quantitative estimate of drug-likeness (QED) is 0.685. The zero-order valence-corrected chi connectivity index (χ0v) is 8.77. The molecule has 1 aliphatic rings. The standard InChI is InChI=1S/C11H23N/c1-4-10-7-6-9(3)11(8-10)12-5-2/h9-12H,4-8H2,1-3H3/t9?,10?,11-/m1/s1. The molecule has 0 spiro atoms. The Bertz CT molecular complexity index is 122. The first-order chi connectivity index (χ1) is 5.77. The minimum atomic E-state index is 0.800. The van der Waals surface area contributed by atoms with Crippen LogP contribution in [-0.2, 0) is 0 Å². The third-order valence-corrected chi connectivity index (χ3v) is 3.35. The highest BCUT2D eigenvalue weighted by molar-refractivity contribution is 4.81. The lowest BCUT2D eigenvalue weighted by Gasteiger charge is -2.34. The molecule has 0 radical (unpaired) electrons. The second-order valence-corrected chi connectivity index (χ2v) is 4.23. The van der Waals surface area contributed by atoms with Crippen molar-refractivity contribution in [2.45, 2.75) is 52.5 Å². The van der Waals surface area contributed by atoms with E-state index in [-0.39, 0.29) is 0 Å². The first-order valence-corrected chi connectivity index (χ1v) is 5.51. The van der Waals surface area contributed by atoms with Crippen molar-refractivity contribution in [3.63, 3.8) is 0 Å². The topological polar surface area (TPSA) is 12.0 Å². The summed E-state index contributed by atoms with van der Waals surface area (Å²) < 4.78 is 0. The highest BCUT2D eigenvalue weighted by Crippen LogP contribution is 2.30. The summed E-state index contributed by atoms with van der Waals surface area (Å²) in [6.07, 6.45) is 5.66. The van der Waals surface area contributed by atoms with Gasteiger partial charge in [0.25, 0.3) is 0 Å². The molecule has 0 aromatic heterocycles. The van der Waals surface area contributed by atoms with E-state index in [0.717, 1.165) is 24.4 Å². The molecule has 1 fully saturated rings. The van der Waals surface area contributed by atoms with E-state index in [1.807, 2.05) is 0 Å². The number of rotatable bonds is 3. The lowest BCUT2D eigenvalue weighted by molar-refractivity contribution is 0.216. The van der Waals surface area contributed by atoms with Gasteiger partial charge in [-0.15, -0.1) is 0 Å². The van der Waals surface area contributed by atoms with Crippen molar-refractivity contribution in [3.05, 3.63) is 0 Å². The van der Waals surface area contributed by atoms with Crippen LogP contribution in [0.3, 0.4) is 0 Å². The van der Waals surface area contributed by atoms with Gasteiger partial charge in [0.1, 0.15) is 0 Å². The van der Waals surface area contributed by atoms with Gasteiger partial charge in [0.2, 0.25) is 0 Å². The van der Waals surface area contributed by atoms with Gasteiger partial charge >= 0.3 is 0 Å². The van der Waals surface area contributed by atoms with Gasteiger partial charge in [0.05, 0.1) is 0 Å². The molecule has 0 amide bonds. The van der Waals surface area contributed by atoms with Gasteiger partial charge in [0, 0.05) is 6.04 Å². The molecule has 1 N–H and O–H groups in total. The van der Waals surface area contributed by atoms with Crippen molar-refractivity contribution in [1.29, 1.82) is 0 Å². The first kappa shape index (κ1) is 10.0. The Morgan fingerprint density at radius 3 is 2.58 bits per heavy atom. The Balaban J connectivity index is 2.36. The van der Waals surface area contributed by atoms with Crippen LogP contribution in [-0.4, -0.2) is 12.6 Å². The van der Waals surface area contributed by atoms with Gasteiger partial charge in [-0.25, -0.2) is 0 Å². The molecule has 0 heterocycles. The van der Waals surface area contributed by atoms with Gasteiger partial charge in [-0.1, -0.05) is 33.6 Å². The van der Waals surface area contributed by atoms with E-state index in [9.17, 15) is 0 Å². The Hall–Kier alpha value is -0.0400. The predicted molar refractivity (Wildman–Crippen MR) is 54.3 cm³/mol. The van der Waals surface area contributed by atoms with E-state index < -0.39 is 0 Å². The third-order valence-electron chi connectivity index (χ3n) is 3.35. The minimum Gasteiger partial charge on any atom is -0.314 e. The molecule has 72 valence electrons. The van der Waals surface area contributed by atoms with Crippen molar-refractivity contribution in [3.8, 4) is 0 Å². The maximum atomic E-state index is 3.60. The molecule has 1 saturated carbocycles. The molecule has 1 nitrogen and oxygen atoms in total. The number of hydrogen-bond acceptors (Lipinski definition) is 1. The first-order valence-electron chi connectivity index (χ1n) is 5.51.